The van der Waals surface area contributed by atoms with Crippen molar-refractivity contribution in [2.24, 2.45) is 0 Å². The number of nitrogens with zero attached hydrogens (tertiary/aromatic N) is 1. The molecule has 0 bridgehead atoms. The van der Waals surface area contributed by atoms with E-state index in [-0.39, 0.29) is 16.7 Å². The number of aromatic nitrogens is 2. The first kappa shape index (κ1) is 19.1. The first-order valence-corrected chi connectivity index (χ1v) is 10.2. The zero-order valence-corrected chi connectivity index (χ0v) is 16.6. The molecule has 0 aliphatic carbocycles. The SMILES string of the molecule is CCSCc1cc(=O)[nH]c(SC(C)C(=O)Nc2ccc(Br)cc2)n1. The number of nitrogens with one attached hydrogen (secondary N) is 2. The quantitative estimate of drug-likeness (QED) is 0.517. The Bertz CT molecular complexity index is 750. The van der Waals surface area contributed by atoms with E-state index in [4.69, 9.17) is 0 Å². The van der Waals surface area contributed by atoms with E-state index in [9.17, 15) is 9.59 Å². The summed E-state index contributed by atoms with van der Waals surface area (Å²) in [6.45, 7) is 3.84. The maximum Gasteiger partial charge on any atom is 0.251 e. The van der Waals surface area contributed by atoms with Crippen LogP contribution in [0.1, 0.15) is 19.5 Å². The molecule has 0 radical (unpaired) electrons. The summed E-state index contributed by atoms with van der Waals surface area (Å²) in [4.78, 5) is 31.1. The second-order valence-corrected chi connectivity index (χ2v) is 8.45. The minimum atomic E-state index is -0.383. The molecule has 1 aromatic carbocycles. The number of anilines is 1. The van der Waals surface area contributed by atoms with Crippen molar-refractivity contribution < 1.29 is 4.79 Å². The van der Waals surface area contributed by atoms with E-state index in [1.807, 2.05) is 24.3 Å². The van der Waals surface area contributed by atoms with Crippen LogP contribution in [0.5, 0.6) is 0 Å². The average molecular weight is 428 g/mol. The van der Waals surface area contributed by atoms with Gasteiger partial charge in [0.2, 0.25) is 5.91 Å². The van der Waals surface area contributed by atoms with Gasteiger partial charge in [-0.05, 0) is 36.9 Å². The molecular weight excluding hydrogens is 410 g/mol. The molecule has 1 amide bonds. The van der Waals surface area contributed by atoms with Crippen molar-refractivity contribution >= 4 is 51.0 Å². The molecule has 1 heterocycles. The largest absolute Gasteiger partial charge is 0.325 e. The van der Waals surface area contributed by atoms with E-state index in [1.165, 1.54) is 17.8 Å². The summed E-state index contributed by atoms with van der Waals surface area (Å²) in [5.41, 5.74) is 1.26. The summed E-state index contributed by atoms with van der Waals surface area (Å²) in [7, 11) is 0. The second-order valence-electron chi connectivity index (χ2n) is 4.94. The van der Waals surface area contributed by atoms with Gasteiger partial charge in [0, 0.05) is 22.0 Å². The third-order valence-electron chi connectivity index (χ3n) is 3.00. The molecule has 1 atom stereocenters. The lowest BCUT2D eigenvalue weighted by molar-refractivity contribution is -0.115. The van der Waals surface area contributed by atoms with Gasteiger partial charge in [0.25, 0.3) is 5.56 Å². The number of amides is 1. The van der Waals surface area contributed by atoms with E-state index in [1.54, 1.807) is 18.7 Å². The molecule has 24 heavy (non-hydrogen) atoms. The summed E-state index contributed by atoms with van der Waals surface area (Å²) in [5, 5.41) is 2.93. The van der Waals surface area contributed by atoms with Gasteiger partial charge < -0.3 is 10.3 Å². The number of carbonyl (C=O) groups is 1. The van der Waals surface area contributed by atoms with Crippen molar-refractivity contribution in [1.29, 1.82) is 0 Å². The summed E-state index contributed by atoms with van der Waals surface area (Å²) in [6, 6.07) is 8.87. The van der Waals surface area contributed by atoms with Crippen LogP contribution in [0.2, 0.25) is 0 Å². The Morgan fingerprint density at radius 3 is 2.75 bits per heavy atom. The molecule has 1 aromatic heterocycles. The Hall–Kier alpha value is -1.25. The predicted molar refractivity (Wildman–Crippen MR) is 105 cm³/mol. The second kappa shape index (κ2) is 9.29. The molecule has 0 saturated heterocycles. The topological polar surface area (TPSA) is 74.8 Å². The highest BCUT2D eigenvalue weighted by Gasteiger charge is 2.16. The molecule has 0 spiro atoms. The Kier molecular flexibility index (Phi) is 7.39. The predicted octanol–water partition coefficient (Wildman–Crippen LogP) is 3.90. The van der Waals surface area contributed by atoms with E-state index < -0.39 is 0 Å². The van der Waals surface area contributed by atoms with E-state index in [0.29, 0.717) is 10.9 Å². The van der Waals surface area contributed by atoms with Crippen LogP contribution in [0.4, 0.5) is 5.69 Å². The number of benzene rings is 1. The van der Waals surface area contributed by atoms with Gasteiger partial charge in [0.05, 0.1) is 10.9 Å². The number of hydrogen-bond donors (Lipinski definition) is 2. The van der Waals surface area contributed by atoms with Gasteiger partial charge in [-0.2, -0.15) is 11.8 Å². The van der Waals surface area contributed by atoms with Gasteiger partial charge >= 0.3 is 0 Å². The highest BCUT2D eigenvalue weighted by atomic mass is 79.9. The van der Waals surface area contributed by atoms with Crippen molar-refractivity contribution in [3.63, 3.8) is 0 Å². The molecule has 2 aromatic rings. The maximum atomic E-state index is 12.3. The van der Waals surface area contributed by atoms with Crippen LogP contribution < -0.4 is 10.9 Å². The Morgan fingerprint density at radius 2 is 2.08 bits per heavy atom. The molecule has 2 N–H and O–H groups in total. The normalized spacial score (nSPS) is 12.0. The minimum Gasteiger partial charge on any atom is -0.325 e. The lowest BCUT2D eigenvalue weighted by Gasteiger charge is -2.12. The summed E-state index contributed by atoms with van der Waals surface area (Å²) in [5.74, 6) is 1.51. The van der Waals surface area contributed by atoms with Crippen LogP contribution in [0, 0.1) is 0 Å². The van der Waals surface area contributed by atoms with Gasteiger partial charge in [-0.25, -0.2) is 4.98 Å². The van der Waals surface area contributed by atoms with Crippen LogP contribution in [-0.4, -0.2) is 26.9 Å². The van der Waals surface area contributed by atoms with Crippen molar-refractivity contribution in [3.05, 3.63) is 50.9 Å². The standard InChI is InChI=1S/C16H18BrN3O2S2/c1-3-23-9-13-8-14(21)20-16(19-13)24-10(2)15(22)18-12-6-4-11(17)5-7-12/h4-8,10H,3,9H2,1-2H3,(H,18,22)(H,19,20,21). The average Bonchev–Trinajstić information content (AvgIpc) is 2.54. The number of carbonyl (C=O) groups excluding carboxylic acids is 1. The van der Waals surface area contributed by atoms with Crippen LogP contribution >= 0.6 is 39.5 Å². The fourth-order valence-electron chi connectivity index (χ4n) is 1.82. The van der Waals surface area contributed by atoms with E-state index >= 15 is 0 Å². The van der Waals surface area contributed by atoms with Crippen LogP contribution in [-0.2, 0) is 10.5 Å². The molecule has 0 saturated carbocycles. The monoisotopic (exact) mass is 427 g/mol. The number of aromatic amines is 1. The molecular formula is C16H18BrN3O2S2. The van der Waals surface area contributed by atoms with Crippen LogP contribution in [0.25, 0.3) is 0 Å². The Morgan fingerprint density at radius 1 is 1.38 bits per heavy atom. The van der Waals surface area contributed by atoms with Gasteiger partial charge in [-0.1, -0.05) is 34.6 Å². The van der Waals surface area contributed by atoms with E-state index in [2.05, 4.69) is 38.1 Å². The number of H-pyrrole nitrogens is 1. The van der Waals surface area contributed by atoms with Gasteiger partial charge in [0.1, 0.15) is 0 Å². The van der Waals surface area contributed by atoms with Crippen LogP contribution in [0.15, 0.2) is 44.8 Å². The lowest BCUT2D eigenvalue weighted by Crippen LogP contribution is -2.23. The molecule has 1 unspecified atom stereocenters. The highest BCUT2D eigenvalue weighted by molar-refractivity contribution is 9.10. The van der Waals surface area contributed by atoms with Gasteiger partial charge in [-0.15, -0.1) is 0 Å². The molecule has 0 fully saturated rings. The number of rotatable bonds is 7. The summed E-state index contributed by atoms with van der Waals surface area (Å²) >= 11 is 6.29. The van der Waals surface area contributed by atoms with Crippen LogP contribution in [0.3, 0.4) is 0 Å². The molecule has 0 aliphatic rings. The van der Waals surface area contributed by atoms with Crippen molar-refractivity contribution in [2.45, 2.75) is 30.0 Å². The summed E-state index contributed by atoms with van der Waals surface area (Å²) in [6.07, 6.45) is 0. The number of halogens is 1. The van der Waals surface area contributed by atoms with E-state index in [0.717, 1.165) is 21.6 Å². The van der Waals surface area contributed by atoms with Crippen molar-refractivity contribution in [3.8, 4) is 0 Å². The Labute approximate surface area is 157 Å². The fraction of sp³-hybridized carbons (Fsp3) is 0.312. The summed E-state index contributed by atoms with van der Waals surface area (Å²) < 4.78 is 0.950. The number of hydrogen-bond acceptors (Lipinski definition) is 5. The highest BCUT2D eigenvalue weighted by Crippen LogP contribution is 2.21. The lowest BCUT2D eigenvalue weighted by atomic mass is 10.3. The molecule has 0 aliphatic heterocycles. The molecule has 128 valence electrons. The third kappa shape index (κ3) is 5.99. The molecule has 5 nitrogen and oxygen atoms in total. The molecule has 2 rings (SSSR count). The minimum absolute atomic E-state index is 0.140. The first-order valence-electron chi connectivity index (χ1n) is 7.39. The zero-order chi connectivity index (χ0) is 17.5. The van der Waals surface area contributed by atoms with Crippen molar-refractivity contribution in [1.82, 2.24) is 9.97 Å². The molecule has 8 heteroatoms. The van der Waals surface area contributed by atoms with Gasteiger partial charge in [0.15, 0.2) is 5.16 Å². The first-order chi connectivity index (χ1) is 11.5. The fourth-order valence-corrected chi connectivity index (χ4v) is 3.47. The smallest absolute Gasteiger partial charge is 0.251 e. The van der Waals surface area contributed by atoms with Crippen molar-refractivity contribution in [2.75, 3.05) is 11.1 Å². The van der Waals surface area contributed by atoms with Gasteiger partial charge in [-0.3, -0.25) is 9.59 Å². The maximum absolute atomic E-state index is 12.3. The third-order valence-corrected chi connectivity index (χ3v) is 5.42. The number of thioether (sulfide) groups is 2. The Balaban J connectivity index is 2.01. The zero-order valence-electron chi connectivity index (χ0n) is 13.3.